The second kappa shape index (κ2) is 5.59. The second-order valence-corrected chi connectivity index (χ2v) is 6.10. The molecule has 0 amide bonds. The van der Waals surface area contributed by atoms with Gasteiger partial charge in [-0.15, -0.1) is 0 Å². The number of halogens is 2. The maximum Gasteiger partial charge on any atom is 0.161 e. The molecule has 0 saturated heterocycles. The predicted molar refractivity (Wildman–Crippen MR) is 81.4 cm³/mol. The van der Waals surface area contributed by atoms with Crippen molar-refractivity contribution in [2.75, 3.05) is 0 Å². The van der Waals surface area contributed by atoms with Crippen molar-refractivity contribution in [1.82, 2.24) is 9.97 Å². The van der Waals surface area contributed by atoms with E-state index in [1.54, 1.807) is 0 Å². The van der Waals surface area contributed by atoms with Crippen molar-refractivity contribution in [3.63, 3.8) is 0 Å². The Hall–Kier alpha value is -0.930. The molecule has 2 nitrogen and oxygen atoms in total. The van der Waals surface area contributed by atoms with Crippen LogP contribution in [0.1, 0.15) is 30.5 Å². The summed E-state index contributed by atoms with van der Waals surface area (Å²) < 4.78 is 1.05. The Morgan fingerprint density at radius 2 is 1.68 bits per heavy atom. The maximum absolute atomic E-state index is 6.34. The zero-order chi connectivity index (χ0) is 13.2. The van der Waals surface area contributed by atoms with Crippen LogP contribution in [0.3, 0.4) is 0 Å². The van der Waals surface area contributed by atoms with Gasteiger partial charge in [-0.1, -0.05) is 46.1 Å². The molecule has 1 aliphatic rings. The van der Waals surface area contributed by atoms with Gasteiger partial charge in [-0.2, -0.15) is 0 Å². The summed E-state index contributed by atoms with van der Waals surface area (Å²) in [5, 5.41) is 0.629. The van der Waals surface area contributed by atoms with Crippen LogP contribution in [-0.4, -0.2) is 9.97 Å². The quantitative estimate of drug-likeness (QED) is 0.550. The van der Waals surface area contributed by atoms with Crippen LogP contribution in [0.4, 0.5) is 0 Å². The van der Waals surface area contributed by atoms with Crippen molar-refractivity contribution in [2.24, 2.45) is 0 Å². The third-order valence-electron chi connectivity index (χ3n) is 3.49. The number of rotatable bonds is 1. The molecule has 0 N–H and O–H groups in total. The number of aryl methyl sites for hydroxylation is 1. The highest BCUT2D eigenvalue weighted by Crippen LogP contribution is 2.28. The summed E-state index contributed by atoms with van der Waals surface area (Å²) in [5.74, 6) is 0.734. The van der Waals surface area contributed by atoms with Crippen LogP contribution in [0, 0.1) is 0 Å². The zero-order valence-corrected chi connectivity index (χ0v) is 12.8. The summed E-state index contributed by atoms with van der Waals surface area (Å²) in [7, 11) is 0. The average Bonchev–Trinajstić information content (AvgIpc) is 2.65. The third kappa shape index (κ3) is 2.82. The lowest BCUT2D eigenvalue weighted by Crippen LogP contribution is -2.02. The minimum atomic E-state index is 0.629. The fourth-order valence-electron chi connectivity index (χ4n) is 2.45. The van der Waals surface area contributed by atoms with Crippen molar-refractivity contribution < 1.29 is 0 Å². The van der Waals surface area contributed by atoms with Crippen molar-refractivity contribution in [2.45, 2.75) is 32.1 Å². The molecule has 0 unspecified atom stereocenters. The standard InChI is InChI=1S/C15H14BrClN2/c16-11-8-6-10(7-9-11)15-18-13-5-3-1-2-4-12(13)14(17)19-15/h6-9H,1-5H2. The summed E-state index contributed by atoms with van der Waals surface area (Å²) >= 11 is 9.78. The lowest BCUT2D eigenvalue weighted by Gasteiger charge is -2.09. The van der Waals surface area contributed by atoms with E-state index < -0.39 is 0 Å². The second-order valence-electron chi connectivity index (χ2n) is 4.83. The van der Waals surface area contributed by atoms with Crippen LogP contribution in [0.15, 0.2) is 28.7 Å². The first kappa shape index (κ1) is 13.1. The molecular formula is C15H14BrClN2. The first-order valence-corrected chi connectivity index (χ1v) is 7.72. The van der Waals surface area contributed by atoms with Gasteiger partial charge in [-0.3, -0.25) is 0 Å². The predicted octanol–water partition coefficient (Wildman–Crippen LogP) is 4.83. The fraction of sp³-hybridized carbons (Fsp3) is 0.333. The van der Waals surface area contributed by atoms with Crippen molar-refractivity contribution in [1.29, 1.82) is 0 Å². The van der Waals surface area contributed by atoms with E-state index >= 15 is 0 Å². The van der Waals surface area contributed by atoms with Gasteiger partial charge in [-0.25, -0.2) is 9.97 Å². The Morgan fingerprint density at radius 3 is 2.47 bits per heavy atom. The Bertz CT molecular complexity index is 596. The van der Waals surface area contributed by atoms with E-state index in [9.17, 15) is 0 Å². The van der Waals surface area contributed by atoms with Crippen molar-refractivity contribution in [3.05, 3.63) is 45.1 Å². The van der Waals surface area contributed by atoms with E-state index in [-0.39, 0.29) is 0 Å². The van der Waals surface area contributed by atoms with Gasteiger partial charge in [-0.05, 0) is 37.8 Å². The molecular weight excluding hydrogens is 324 g/mol. The molecule has 19 heavy (non-hydrogen) atoms. The first-order valence-electron chi connectivity index (χ1n) is 6.55. The monoisotopic (exact) mass is 336 g/mol. The molecule has 3 rings (SSSR count). The highest BCUT2D eigenvalue weighted by atomic mass is 79.9. The van der Waals surface area contributed by atoms with Crippen molar-refractivity contribution in [3.8, 4) is 11.4 Å². The normalized spacial score (nSPS) is 14.8. The highest BCUT2D eigenvalue weighted by Gasteiger charge is 2.16. The van der Waals surface area contributed by atoms with Crippen LogP contribution in [0.2, 0.25) is 5.15 Å². The van der Waals surface area contributed by atoms with E-state index in [1.165, 1.54) is 19.3 Å². The van der Waals surface area contributed by atoms with Gasteiger partial charge < -0.3 is 0 Å². The number of hydrogen-bond acceptors (Lipinski definition) is 2. The molecule has 0 bridgehead atoms. The largest absolute Gasteiger partial charge is 0.233 e. The average molecular weight is 338 g/mol. The van der Waals surface area contributed by atoms with Crippen LogP contribution < -0.4 is 0 Å². The minimum absolute atomic E-state index is 0.629. The van der Waals surface area contributed by atoms with Crippen LogP contribution in [0.25, 0.3) is 11.4 Å². The minimum Gasteiger partial charge on any atom is -0.233 e. The van der Waals surface area contributed by atoms with Gasteiger partial charge in [0.05, 0.1) is 0 Å². The number of benzene rings is 1. The van der Waals surface area contributed by atoms with Gasteiger partial charge in [0.15, 0.2) is 5.82 Å². The molecule has 1 aromatic carbocycles. The molecule has 0 saturated carbocycles. The number of aromatic nitrogens is 2. The van der Waals surface area contributed by atoms with Crippen LogP contribution in [-0.2, 0) is 12.8 Å². The molecule has 0 radical (unpaired) electrons. The van der Waals surface area contributed by atoms with E-state index in [0.29, 0.717) is 5.15 Å². The lowest BCUT2D eigenvalue weighted by atomic mass is 10.1. The molecule has 0 atom stereocenters. The Morgan fingerprint density at radius 1 is 0.947 bits per heavy atom. The van der Waals surface area contributed by atoms with Gasteiger partial charge >= 0.3 is 0 Å². The fourth-order valence-corrected chi connectivity index (χ4v) is 3.00. The number of fused-ring (bicyclic) bond motifs is 1. The van der Waals surface area contributed by atoms with E-state index in [0.717, 1.165) is 40.0 Å². The van der Waals surface area contributed by atoms with E-state index in [1.807, 2.05) is 24.3 Å². The molecule has 0 aliphatic heterocycles. The van der Waals surface area contributed by atoms with Gasteiger partial charge in [0, 0.05) is 21.3 Å². The molecule has 0 fully saturated rings. The van der Waals surface area contributed by atoms with E-state index in [2.05, 4.69) is 20.9 Å². The molecule has 1 heterocycles. The summed E-state index contributed by atoms with van der Waals surface area (Å²) in [6, 6.07) is 8.02. The van der Waals surface area contributed by atoms with Crippen LogP contribution >= 0.6 is 27.5 Å². The maximum atomic E-state index is 6.34. The zero-order valence-electron chi connectivity index (χ0n) is 10.5. The molecule has 0 spiro atoms. The smallest absolute Gasteiger partial charge is 0.161 e. The highest BCUT2D eigenvalue weighted by molar-refractivity contribution is 9.10. The Labute approximate surface area is 126 Å². The van der Waals surface area contributed by atoms with E-state index in [4.69, 9.17) is 16.6 Å². The summed E-state index contributed by atoms with van der Waals surface area (Å²) in [6.07, 6.45) is 5.66. The first-order chi connectivity index (χ1) is 9.24. The summed E-state index contributed by atoms with van der Waals surface area (Å²) in [6.45, 7) is 0. The lowest BCUT2D eigenvalue weighted by molar-refractivity contribution is 0.709. The topological polar surface area (TPSA) is 25.8 Å². The molecule has 98 valence electrons. The molecule has 2 aromatic rings. The van der Waals surface area contributed by atoms with Gasteiger partial charge in [0.2, 0.25) is 0 Å². The summed E-state index contributed by atoms with van der Waals surface area (Å²) in [4.78, 5) is 9.19. The Balaban J connectivity index is 2.06. The third-order valence-corrected chi connectivity index (χ3v) is 4.33. The van der Waals surface area contributed by atoms with Crippen LogP contribution in [0.5, 0.6) is 0 Å². The molecule has 1 aliphatic carbocycles. The number of nitrogens with zero attached hydrogens (tertiary/aromatic N) is 2. The molecule has 1 aromatic heterocycles. The van der Waals surface area contributed by atoms with Gasteiger partial charge in [0.25, 0.3) is 0 Å². The van der Waals surface area contributed by atoms with Gasteiger partial charge in [0.1, 0.15) is 5.15 Å². The summed E-state index contributed by atoms with van der Waals surface area (Å²) in [5.41, 5.74) is 3.30. The SMILES string of the molecule is Clc1nc(-c2ccc(Br)cc2)nc2c1CCCCC2. The Kier molecular flexibility index (Phi) is 3.85. The number of hydrogen-bond donors (Lipinski definition) is 0. The van der Waals surface area contributed by atoms with Crippen molar-refractivity contribution >= 4 is 27.5 Å². The molecule has 4 heteroatoms.